The molecular formula is C22H29BrN4O2S. The molecule has 0 aliphatic carbocycles. The molecule has 0 fully saturated rings. The zero-order valence-corrected chi connectivity index (χ0v) is 20.4. The average molecular weight is 493 g/mol. The quantitative estimate of drug-likeness (QED) is 0.324. The van der Waals surface area contributed by atoms with Gasteiger partial charge in [-0.2, -0.15) is 4.98 Å². The number of nitrogens with zero attached hydrogens (tertiary/aromatic N) is 3. The van der Waals surface area contributed by atoms with Crippen LogP contribution < -0.4 is 10.1 Å². The second-order valence-corrected chi connectivity index (χ2v) is 9.35. The van der Waals surface area contributed by atoms with Crippen LogP contribution in [0.25, 0.3) is 0 Å². The van der Waals surface area contributed by atoms with Crippen LogP contribution in [0.15, 0.2) is 39.1 Å². The highest BCUT2D eigenvalue weighted by Gasteiger charge is 2.34. The predicted octanol–water partition coefficient (Wildman–Crippen LogP) is 5.99. The highest BCUT2D eigenvalue weighted by molar-refractivity contribution is 9.10. The summed E-state index contributed by atoms with van der Waals surface area (Å²) in [6.07, 6.45) is 4.28. The van der Waals surface area contributed by atoms with E-state index >= 15 is 0 Å². The molecule has 2 aromatic rings. The molecule has 6 nitrogen and oxygen atoms in total. The van der Waals surface area contributed by atoms with Gasteiger partial charge in [-0.05, 0) is 44.9 Å². The van der Waals surface area contributed by atoms with Gasteiger partial charge in [0.2, 0.25) is 11.1 Å². The first-order valence-electron chi connectivity index (χ1n) is 10.5. The molecule has 0 amide bonds. The molecule has 1 aromatic heterocycles. The van der Waals surface area contributed by atoms with Crippen molar-refractivity contribution in [1.82, 2.24) is 14.8 Å². The van der Waals surface area contributed by atoms with Crippen molar-refractivity contribution in [3.05, 3.63) is 39.5 Å². The Balaban J connectivity index is 2.07. The van der Waals surface area contributed by atoms with E-state index in [4.69, 9.17) is 9.84 Å². The Morgan fingerprint density at radius 1 is 1.30 bits per heavy atom. The number of carbonyl (C=O) groups is 1. The van der Waals surface area contributed by atoms with E-state index in [9.17, 15) is 4.79 Å². The van der Waals surface area contributed by atoms with Crippen LogP contribution >= 0.6 is 27.7 Å². The molecule has 1 aliphatic rings. The Hall–Kier alpha value is -1.80. The molecule has 0 radical (unpaired) electrons. The van der Waals surface area contributed by atoms with Gasteiger partial charge in [0.25, 0.3) is 0 Å². The van der Waals surface area contributed by atoms with E-state index in [1.165, 1.54) is 0 Å². The van der Waals surface area contributed by atoms with Crippen molar-refractivity contribution in [1.29, 1.82) is 0 Å². The lowest BCUT2D eigenvalue weighted by Gasteiger charge is -2.29. The van der Waals surface area contributed by atoms with Gasteiger partial charge in [-0.1, -0.05) is 54.4 Å². The Morgan fingerprint density at radius 2 is 2.07 bits per heavy atom. The van der Waals surface area contributed by atoms with Crippen LogP contribution in [0.2, 0.25) is 0 Å². The first-order valence-corrected chi connectivity index (χ1v) is 12.2. The number of Topliss-reactive ketones (excluding diaryl/α,β-unsaturated/α-hetero) is 1. The number of halogens is 1. The molecule has 0 bridgehead atoms. The van der Waals surface area contributed by atoms with Gasteiger partial charge in [-0.3, -0.25) is 4.79 Å². The van der Waals surface area contributed by atoms with Gasteiger partial charge in [0.15, 0.2) is 5.78 Å². The number of hydrogen-bond donors (Lipinski definition) is 1. The molecular weight excluding hydrogens is 464 g/mol. The van der Waals surface area contributed by atoms with Crippen molar-refractivity contribution >= 4 is 39.4 Å². The molecule has 1 unspecified atom stereocenters. The number of hydrogen-bond acceptors (Lipinski definition) is 6. The molecule has 162 valence electrons. The topological polar surface area (TPSA) is 69.0 Å². The van der Waals surface area contributed by atoms with E-state index in [0.717, 1.165) is 58.1 Å². The van der Waals surface area contributed by atoms with Crippen LogP contribution in [-0.4, -0.2) is 32.9 Å². The summed E-state index contributed by atoms with van der Waals surface area (Å²) in [6.45, 7) is 8.46. The summed E-state index contributed by atoms with van der Waals surface area (Å²) in [4.78, 5) is 17.3. The maximum Gasteiger partial charge on any atom is 0.227 e. The molecule has 0 saturated heterocycles. The molecule has 1 atom stereocenters. The Kier molecular flexibility index (Phi) is 7.99. The number of anilines is 1. The number of nitrogens with one attached hydrogen (secondary N) is 1. The first-order chi connectivity index (χ1) is 14.5. The van der Waals surface area contributed by atoms with E-state index < -0.39 is 0 Å². The third-order valence-corrected chi connectivity index (χ3v) is 6.38. The van der Waals surface area contributed by atoms with Crippen LogP contribution in [0.3, 0.4) is 0 Å². The Labute approximate surface area is 191 Å². The molecule has 1 aromatic carbocycles. The lowest BCUT2D eigenvalue weighted by molar-refractivity contribution is -0.114. The summed E-state index contributed by atoms with van der Waals surface area (Å²) >= 11 is 5.23. The number of fused-ring (bicyclic) bond motifs is 1. The van der Waals surface area contributed by atoms with Crippen LogP contribution in [0, 0.1) is 0 Å². The normalized spacial score (nSPS) is 15.7. The first kappa shape index (κ1) is 22.9. The predicted molar refractivity (Wildman–Crippen MR) is 125 cm³/mol. The fourth-order valence-corrected chi connectivity index (χ4v) is 4.73. The zero-order valence-electron chi connectivity index (χ0n) is 18.0. The molecule has 0 spiro atoms. The van der Waals surface area contributed by atoms with E-state index in [-0.39, 0.29) is 11.8 Å². The molecule has 0 saturated carbocycles. The van der Waals surface area contributed by atoms with Crippen molar-refractivity contribution in [2.24, 2.45) is 0 Å². The fraction of sp³-hybridized carbons (Fsp3) is 0.500. The summed E-state index contributed by atoms with van der Waals surface area (Å²) in [7, 11) is 0. The maximum absolute atomic E-state index is 12.7. The fourth-order valence-electron chi connectivity index (χ4n) is 3.44. The van der Waals surface area contributed by atoms with Gasteiger partial charge in [-0.25, -0.2) is 4.68 Å². The van der Waals surface area contributed by atoms with E-state index in [2.05, 4.69) is 40.1 Å². The number of allylic oxidation sites excluding steroid dienone is 2. The second-order valence-electron chi connectivity index (χ2n) is 7.37. The van der Waals surface area contributed by atoms with E-state index in [1.54, 1.807) is 18.7 Å². The third-order valence-electron chi connectivity index (χ3n) is 4.96. The Morgan fingerprint density at radius 3 is 2.77 bits per heavy atom. The highest BCUT2D eigenvalue weighted by atomic mass is 79.9. The van der Waals surface area contributed by atoms with Gasteiger partial charge in [0.1, 0.15) is 11.8 Å². The number of aromatic nitrogens is 3. The van der Waals surface area contributed by atoms with E-state index in [1.807, 2.05) is 29.8 Å². The molecule has 30 heavy (non-hydrogen) atoms. The number of unbranched alkanes of at least 4 members (excludes halogenated alkanes) is 2. The minimum atomic E-state index is -0.388. The number of ketones is 1. The van der Waals surface area contributed by atoms with Crippen LogP contribution in [0.4, 0.5) is 5.95 Å². The lowest BCUT2D eigenvalue weighted by Crippen LogP contribution is -2.28. The minimum absolute atomic E-state index is 0.00539. The molecule has 1 aliphatic heterocycles. The molecule has 8 heteroatoms. The van der Waals surface area contributed by atoms with Gasteiger partial charge in [0.05, 0.1) is 6.61 Å². The van der Waals surface area contributed by atoms with Gasteiger partial charge in [-0.15, -0.1) is 5.10 Å². The highest BCUT2D eigenvalue weighted by Crippen LogP contribution is 2.41. The summed E-state index contributed by atoms with van der Waals surface area (Å²) in [5.41, 5.74) is 2.38. The van der Waals surface area contributed by atoms with Crippen LogP contribution in [0.1, 0.15) is 65.0 Å². The SMILES string of the molecule is CCCCOc1ccc(Br)cc1C1C(C(C)=O)=C(C)Nc2nc(SCCCC)nn21. The Bertz CT molecular complexity index is 941. The van der Waals surface area contributed by atoms with Gasteiger partial charge < -0.3 is 10.1 Å². The largest absolute Gasteiger partial charge is 0.493 e. The van der Waals surface area contributed by atoms with Crippen molar-refractivity contribution < 1.29 is 9.53 Å². The molecule has 1 N–H and O–H groups in total. The summed E-state index contributed by atoms with van der Waals surface area (Å²) in [5, 5.41) is 8.75. The van der Waals surface area contributed by atoms with Crippen molar-refractivity contribution in [2.45, 2.75) is 64.6 Å². The van der Waals surface area contributed by atoms with Crippen molar-refractivity contribution in [3.63, 3.8) is 0 Å². The lowest BCUT2D eigenvalue weighted by atomic mass is 9.92. The molecule has 3 rings (SSSR count). The second kappa shape index (κ2) is 10.5. The minimum Gasteiger partial charge on any atom is -0.493 e. The van der Waals surface area contributed by atoms with Crippen LogP contribution in [-0.2, 0) is 4.79 Å². The maximum atomic E-state index is 12.7. The number of ether oxygens (including phenoxy) is 1. The van der Waals surface area contributed by atoms with Gasteiger partial charge >= 0.3 is 0 Å². The van der Waals surface area contributed by atoms with Crippen LogP contribution in [0.5, 0.6) is 5.75 Å². The molecule has 2 heterocycles. The number of carbonyl (C=O) groups excluding carboxylic acids is 1. The number of thioether (sulfide) groups is 1. The van der Waals surface area contributed by atoms with Crippen molar-refractivity contribution in [2.75, 3.05) is 17.7 Å². The third kappa shape index (κ3) is 5.09. The average Bonchev–Trinajstić information content (AvgIpc) is 3.10. The van der Waals surface area contributed by atoms with Gasteiger partial charge in [0, 0.05) is 27.1 Å². The summed E-state index contributed by atoms with van der Waals surface area (Å²) in [5.74, 6) is 2.40. The number of benzene rings is 1. The monoisotopic (exact) mass is 492 g/mol. The van der Waals surface area contributed by atoms with Crippen molar-refractivity contribution in [3.8, 4) is 5.75 Å². The summed E-state index contributed by atoms with van der Waals surface area (Å²) in [6, 6.07) is 5.55. The standard InChI is InChI=1S/C22H29BrN4O2S/c1-5-7-11-29-18-10-9-16(23)13-17(18)20-19(15(4)28)14(3)24-21-25-22(26-27(20)21)30-12-8-6-2/h9-10,13,20H,5-8,11-12H2,1-4H3,(H,24,25,26). The smallest absolute Gasteiger partial charge is 0.227 e. The zero-order chi connectivity index (χ0) is 21.7. The summed E-state index contributed by atoms with van der Waals surface area (Å²) < 4.78 is 8.86. The number of rotatable bonds is 10. The van der Waals surface area contributed by atoms with E-state index in [0.29, 0.717) is 18.1 Å².